The molecule has 0 amide bonds. The molecule has 0 radical (unpaired) electrons. The number of rotatable bonds is 2. The van der Waals surface area contributed by atoms with Crippen LogP contribution < -0.4 is 4.74 Å². The summed E-state index contributed by atoms with van der Waals surface area (Å²) in [5.41, 5.74) is 1.08. The molecule has 18 heavy (non-hydrogen) atoms. The molecule has 6 heteroatoms. The van der Waals surface area contributed by atoms with Gasteiger partial charge in [0.05, 0.1) is 22.2 Å². The van der Waals surface area contributed by atoms with Gasteiger partial charge in [-0.1, -0.05) is 40.9 Å². The minimum atomic E-state index is -0.661. The van der Waals surface area contributed by atoms with E-state index >= 15 is 0 Å². The van der Waals surface area contributed by atoms with Crippen molar-refractivity contribution in [3.8, 4) is 17.0 Å². The largest absolute Gasteiger partial charge is 0.481 e. The van der Waals surface area contributed by atoms with Gasteiger partial charge in [0.15, 0.2) is 0 Å². The van der Waals surface area contributed by atoms with Gasteiger partial charge < -0.3 is 4.74 Å². The van der Waals surface area contributed by atoms with Crippen LogP contribution in [0.3, 0.4) is 0 Å². The molecule has 0 fully saturated rings. The number of nitrogens with zero attached hydrogens (tertiary/aromatic N) is 1. The lowest BCUT2D eigenvalue weighted by atomic mass is 10.1. The van der Waals surface area contributed by atoms with Crippen LogP contribution in [0.2, 0.25) is 15.1 Å². The summed E-state index contributed by atoms with van der Waals surface area (Å²) < 4.78 is 18.2. The molecule has 0 aliphatic heterocycles. The summed E-state index contributed by atoms with van der Waals surface area (Å²) in [7, 11) is 1.40. The average molecular weight is 307 g/mol. The molecule has 0 spiro atoms. The van der Waals surface area contributed by atoms with Gasteiger partial charge >= 0.3 is 0 Å². The predicted molar refractivity (Wildman–Crippen MR) is 71.2 cm³/mol. The first kappa shape index (κ1) is 13.4. The highest BCUT2D eigenvalue weighted by Crippen LogP contribution is 2.38. The fraction of sp³-hybridized carbons (Fsp3) is 0.0833. The molecule has 0 N–H and O–H groups in total. The lowest BCUT2D eigenvalue weighted by Gasteiger charge is -2.08. The number of pyridine rings is 1. The SMILES string of the molecule is COc1cc(-c2ccc(Cl)c(Cl)c2Cl)cc(F)n1. The predicted octanol–water partition coefficient (Wildman–Crippen LogP) is 4.86. The Balaban J connectivity index is 2.62. The first-order valence-electron chi connectivity index (χ1n) is 4.88. The molecule has 0 unspecified atom stereocenters. The van der Waals surface area contributed by atoms with Gasteiger partial charge in [0.2, 0.25) is 11.8 Å². The first-order valence-corrected chi connectivity index (χ1v) is 6.01. The summed E-state index contributed by atoms with van der Waals surface area (Å²) in [6.45, 7) is 0. The van der Waals surface area contributed by atoms with Crippen molar-refractivity contribution >= 4 is 34.8 Å². The third kappa shape index (κ3) is 2.53. The molecular weight excluding hydrogens is 299 g/mol. The third-order valence-corrected chi connectivity index (χ3v) is 3.62. The Morgan fingerprint density at radius 2 is 1.83 bits per heavy atom. The summed E-state index contributed by atoms with van der Waals surface area (Å²) in [6.07, 6.45) is 0. The maximum Gasteiger partial charge on any atom is 0.216 e. The maximum atomic E-state index is 13.3. The van der Waals surface area contributed by atoms with Crippen LogP contribution in [0.5, 0.6) is 5.88 Å². The van der Waals surface area contributed by atoms with E-state index in [2.05, 4.69) is 4.98 Å². The van der Waals surface area contributed by atoms with Crippen LogP contribution in [0.1, 0.15) is 0 Å². The Labute approximate surface area is 118 Å². The van der Waals surface area contributed by atoms with Crippen molar-refractivity contribution in [3.63, 3.8) is 0 Å². The van der Waals surface area contributed by atoms with Crippen molar-refractivity contribution in [2.45, 2.75) is 0 Å². The van der Waals surface area contributed by atoms with E-state index in [0.717, 1.165) is 0 Å². The van der Waals surface area contributed by atoms with Crippen molar-refractivity contribution in [1.29, 1.82) is 0 Å². The van der Waals surface area contributed by atoms with Crippen molar-refractivity contribution in [2.75, 3.05) is 7.11 Å². The Morgan fingerprint density at radius 1 is 1.11 bits per heavy atom. The topological polar surface area (TPSA) is 22.1 Å². The molecular formula is C12H7Cl3FNO. The average Bonchev–Trinajstić information content (AvgIpc) is 2.35. The van der Waals surface area contributed by atoms with Crippen molar-refractivity contribution in [3.05, 3.63) is 45.3 Å². The second-order valence-electron chi connectivity index (χ2n) is 3.44. The van der Waals surface area contributed by atoms with E-state index in [4.69, 9.17) is 39.5 Å². The standard InChI is InChI=1S/C12H7Cl3FNO/c1-18-10-5-6(4-9(16)17-10)7-2-3-8(13)12(15)11(7)14/h2-5H,1H3. The minimum Gasteiger partial charge on any atom is -0.481 e. The maximum absolute atomic E-state index is 13.3. The molecule has 0 saturated heterocycles. The zero-order chi connectivity index (χ0) is 13.3. The second kappa shape index (κ2) is 5.31. The summed E-state index contributed by atoms with van der Waals surface area (Å²) in [6, 6.07) is 6.06. The van der Waals surface area contributed by atoms with Crippen LogP contribution in [0.4, 0.5) is 4.39 Å². The number of ether oxygens (including phenoxy) is 1. The Morgan fingerprint density at radius 3 is 2.50 bits per heavy atom. The number of halogens is 4. The van der Waals surface area contributed by atoms with Gasteiger partial charge in [0.25, 0.3) is 0 Å². The van der Waals surface area contributed by atoms with Gasteiger partial charge in [-0.3, -0.25) is 0 Å². The van der Waals surface area contributed by atoms with Crippen LogP contribution in [0.15, 0.2) is 24.3 Å². The third-order valence-electron chi connectivity index (χ3n) is 2.33. The Bertz CT molecular complexity index is 604. The first-order chi connectivity index (χ1) is 8.52. The molecule has 1 aromatic heterocycles. The van der Waals surface area contributed by atoms with Crippen LogP contribution in [-0.2, 0) is 0 Å². The summed E-state index contributed by atoms with van der Waals surface area (Å²) in [5.74, 6) is -0.501. The fourth-order valence-corrected chi connectivity index (χ4v) is 2.13. The summed E-state index contributed by atoms with van der Waals surface area (Å²) in [4.78, 5) is 3.56. The van der Waals surface area contributed by atoms with Gasteiger partial charge in [-0.2, -0.15) is 9.37 Å². The van der Waals surface area contributed by atoms with E-state index in [1.165, 1.54) is 13.2 Å². The van der Waals surface area contributed by atoms with E-state index in [1.807, 2.05) is 0 Å². The number of hydrogen-bond donors (Lipinski definition) is 0. The van der Waals surface area contributed by atoms with E-state index in [1.54, 1.807) is 18.2 Å². The van der Waals surface area contributed by atoms with E-state index in [9.17, 15) is 4.39 Å². The summed E-state index contributed by atoms with van der Waals surface area (Å²) in [5, 5.41) is 0.829. The number of aromatic nitrogens is 1. The van der Waals surface area contributed by atoms with E-state index in [-0.39, 0.29) is 15.9 Å². The molecule has 2 nitrogen and oxygen atoms in total. The van der Waals surface area contributed by atoms with E-state index in [0.29, 0.717) is 16.1 Å². The minimum absolute atomic E-state index is 0.159. The number of benzene rings is 1. The van der Waals surface area contributed by atoms with Gasteiger partial charge in [0, 0.05) is 17.7 Å². The van der Waals surface area contributed by atoms with Crippen LogP contribution in [0, 0.1) is 5.95 Å². The molecule has 0 bridgehead atoms. The zero-order valence-corrected chi connectivity index (χ0v) is 11.4. The lowest BCUT2D eigenvalue weighted by Crippen LogP contribution is -1.92. The van der Waals surface area contributed by atoms with Crippen LogP contribution in [0.25, 0.3) is 11.1 Å². The van der Waals surface area contributed by atoms with Gasteiger partial charge in [0.1, 0.15) is 0 Å². The smallest absolute Gasteiger partial charge is 0.216 e. The molecule has 1 aromatic carbocycles. The van der Waals surface area contributed by atoms with Crippen LogP contribution in [-0.4, -0.2) is 12.1 Å². The molecule has 2 aromatic rings. The molecule has 0 atom stereocenters. The highest BCUT2D eigenvalue weighted by atomic mass is 35.5. The van der Waals surface area contributed by atoms with Crippen molar-refractivity contribution in [1.82, 2.24) is 4.98 Å². The highest BCUT2D eigenvalue weighted by Gasteiger charge is 2.12. The normalized spacial score (nSPS) is 10.5. The highest BCUT2D eigenvalue weighted by molar-refractivity contribution is 6.49. The van der Waals surface area contributed by atoms with E-state index < -0.39 is 5.95 Å². The van der Waals surface area contributed by atoms with Gasteiger partial charge in [-0.25, -0.2) is 0 Å². The van der Waals surface area contributed by atoms with Crippen molar-refractivity contribution < 1.29 is 9.13 Å². The fourth-order valence-electron chi connectivity index (χ4n) is 1.48. The molecule has 94 valence electrons. The Kier molecular flexibility index (Phi) is 3.95. The van der Waals surface area contributed by atoms with Crippen LogP contribution >= 0.6 is 34.8 Å². The quantitative estimate of drug-likeness (QED) is 0.584. The summed E-state index contributed by atoms with van der Waals surface area (Å²) >= 11 is 17.9. The van der Waals surface area contributed by atoms with Crippen molar-refractivity contribution in [2.24, 2.45) is 0 Å². The molecule has 0 saturated carbocycles. The van der Waals surface area contributed by atoms with Gasteiger partial charge in [-0.15, -0.1) is 0 Å². The van der Waals surface area contributed by atoms with Gasteiger partial charge in [-0.05, 0) is 11.6 Å². The second-order valence-corrected chi connectivity index (χ2v) is 4.61. The Hall–Kier alpha value is -1.03. The monoisotopic (exact) mass is 305 g/mol. The number of hydrogen-bond acceptors (Lipinski definition) is 2. The lowest BCUT2D eigenvalue weighted by molar-refractivity contribution is 0.388. The zero-order valence-electron chi connectivity index (χ0n) is 9.18. The molecule has 1 heterocycles. The molecule has 2 rings (SSSR count). The molecule has 0 aliphatic carbocycles. The number of methoxy groups -OCH3 is 1. The molecule has 0 aliphatic rings.